The second-order valence-electron chi connectivity index (χ2n) is 6.77. The molecule has 32 heavy (non-hydrogen) atoms. The molecule has 0 aliphatic heterocycles. The van der Waals surface area contributed by atoms with Crippen molar-refractivity contribution in [3.63, 3.8) is 0 Å². The van der Waals surface area contributed by atoms with E-state index in [1.54, 1.807) is 67.1 Å². The van der Waals surface area contributed by atoms with Crippen LogP contribution in [-0.4, -0.2) is 55.5 Å². The number of ether oxygens (including phenoxy) is 2. The lowest BCUT2D eigenvalue weighted by Crippen LogP contribution is -2.30. The van der Waals surface area contributed by atoms with Crippen LogP contribution in [0.1, 0.15) is 24.3 Å². The van der Waals surface area contributed by atoms with Gasteiger partial charge in [-0.05, 0) is 36.4 Å². The van der Waals surface area contributed by atoms with E-state index < -0.39 is 15.9 Å². The average Bonchev–Trinajstić information content (AvgIpc) is 3.30. The number of methoxy groups -OCH3 is 2. The number of aromatic nitrogens is 2. The molecule has 0 bridgehead atoms. The SMILES string of the molecule is CCN(CC)S(=O)(=O)c1ccc(-n2cnc(C(=O)Nc3cc(OC)ccc3OC)c2)cc1. The zero-order valence-corrected chi connectivity index (χ0v) is 19.2. The normalized spacial score (nSPS) is 11.4. The molecule has 0 saturated carbocycles. The molecule has 1 N–H and O–H groups in total. The molecule has 2 aromatic carbocycles. The number of amides is 1. The van der Waals surface area contributed by atoms with Crippen LogP contribution < -0.4 is 14.8 Å². The molecule has 0 unspecified atom stereocenters. The fourth-order valence-electron chi connectivity index (χ4n) is 3.18. The molecule has 0 fully saturated rings. The van der Waals surface area contributed by atoms with Crippen molar-refractivity contribution < 1.29 is 22.7 Å². The number of rotatable bonds is 9. The van der Waals surface area contributed by atoms with Gasteiger partial charge in [0.05, 0.1) is 24.8 Å². The van der Waals surface area contributed by atoms with Crippen LogP contribution in [0.25, 0.3) is 5.69 Å². The van der Waals surface area contributed by atoms with Crippen LogP contribution >= 0.6 is 0 Å². The van der Waals surface area contributed by atoms with Gasteiger partial charge in [-0.15, -0.1) is 0 Å². The number of benzene rings is 2. The summed E-state index contributed by atoms with van der Waals surface area (Å²) in [4.78, 5) is 17.1. The first-order chi connectivity index (χ1) is 15.3. The molecule has 0 aliphatic rings. The fourth-order valence-corrected chi connectivity index (χ4v) is 4.64. The minimum absolute atomic E-state index is 0.190. The maximum Gasteiger partial charge on any atom is 0.275 e. The molecule has 3 aromatic rings. The van der Waals surface area contributed by atoms with Crippen molar-refractivity contribution >= 4 is 21.6 Å². The van der Waals surface area contributed by atoms with E-state index in [0.29, 0.717) is 36.0 Å². The van der Waals surface area contributed by atoms with Gasteiger partial charge >= 0.3 is 0 Å². The van der Waals surface area contributed by atoms with E-state index in [9.17, 15) is 13.2 Å². The van der Waals surface area contributed by atoms with Crippen LogP contribution in [0.5, 0.6) is 11.5 Å². The maximum atomic E-state index is 12.7. The Balaban J connectivity index is 1.79. The van der Waals surface area contributed by atoms with Gasteiger partial charge in [-0.1, -0.05) is 13.8 Å². The standard InChI is InChI=1S/C22H26N4O5S/c1-5-26(6-2)32(28,29)18-10-7-16(8-11-18)25-14-20(23-15-25)22(27)24-19-13-17(30-3)9-12-21(19)31-4/h7-15H,5-6H2,1-4H3,(H,24,27). The first-order valence-electron chi connectivity index (χ1n) is 10.0. The van der Waals surface area contributed by atoms with Gasteiger partial charge in [-0.25, -0.2) is 13.4 Å². The first-order valence-corrected chi connectivity index (χ1v) is 11.5. The number of imidazole rings is 1. The molecule has 1 aromatic heterocycles. The van der Waals surface area contributed by atoms with Crippen molar-refractivity contribution in [3.8, 4) is 17.2 Å². The summed E-state index contributed by atoms with van der Waals surface area (Å²) in [6.07, 6.45) is 3.06. The van der Waals surface area contributed by atoms with Crippen LogP contribution in [0, 0.1) is 0 Å². The van der Waals surface area contributed by atoms with Crippen molar-refractivity contribution in [2.45, 2.75) is 18.7 Å². The first kappa shape index (κ1) is 23.3. The molecular formula is C22H26N4O5S. The highest BCUT2D eigenvalue weighted by Crippen LogP contribution is 2.29. The number of hydrogen-bond donors (Lipinski definition) is 1. The van der Waals surface area contributed by atoms with E-state index in [2.05, 4.69) is 10.3 Å². The Morgan fingerprint density at radius 2 is 1.75 bits per heavy atom. The highest BCUT2D eigenvalue weighted by Gasteiger charge is 2.21. The Bertz CT molecular complexity index is 1190. The molecule has 170 valence electrons. The molecule has 3 rings (SSSR count). The summed E-state index contributed by atoms with van der Waals surface area (Å²) in [5.41, 5.74) is 1.32. The summed E-state index contributed by atoms with van der Waals surface area (Å²) in [5.74, 6) is 0.644. The van der Waals surface area contributed by atoms with Crippen molar-refractivity contribution in [2.24, 2.45) is 0 Å². The van der Waals surface area contributed by atoms with Gasteiger partial charge < -0.3 is 19.4 Å². The second kappa shape index (κ2) is 9.84. The number of sulfonamides is 1. The zero-order chi connectivity index (χ0) is 23.3. The predicted octanol–water partition coefficient (Wildman–Crippen LogP) is 3.17. The van der Waals surface area contributed by atoms with Gasteiger partial charge in [0.15, 0.2) is 0 Å². The molecule has 10 heteroatoms. The molecule has 1 heterocycles. The fraction of sp³-hybridized carbons (Fsp3) is 0.273. The number of hydrogen-bond acceptors (Lipinski definition) is 6. The van der Waals surface area contributed by atoms with Gasteiger partial charge in [0.2, 0.25) is 10.0 Å². The molecule has 0 aliphatic carbocycles. The summed E-state index contributed by atoms with van der Waals surface area (Å²) in [5, 5.41) is 2.77. The molecule has 0 spiro atoms. The van der Waals surface area contributed by atoms with Gasteiger partial charge in [-0.2, -0.15) is 4.31 Å². The molecule has 1 amide bonds. The summed E-state index contributed by atoms with van der Waals surface area (Å²) in [6, 6.07) is 11.5. The van der Waals surface area contributed by atoms with Crippen LogP contribution in [0.4, 0.5) is 5.69 Å². The Hall–Kier alpha value is -3.37. The Morgan fingerprint density at radius 3 is 2.34 bits per heavy atom. The van der Waals surface area contributed by atoms with Crippen LogP contribution in [0.3, 0.4) is 0 Å². The minimum Gasteiger partial charge on any atom is -0.497 e. The summed E-state index contributed by atoms with van der Waals surface area (Å²) in [6.45, 7) is 4.40. The topological polar surface area (TPSA) is 103 Å². The number of nitrogens with zero attached hydrogens (tertiary/aromatic N) is 3. The number of anilines is 1. The summed E-state index contributed by atoms with van der Waals surface area (Å²) >= 11 is 0. The lowest BCUT2D eigenvalue weighted by Gasteiger charge is -2.18. The second-order valence-corrected chi connectivity index (χ2v) is 8.71. The molecule has 0 saturated heterocycles. The lowest BCUT2D eigenvalue weighted by molar-refractivity contribution is 0.102. The van der Waals surface area contributed by atoms with Crippen LogP contribution in [-0.2, 0) is 10.0 Å². The van der Waals surface area contributed by atoms with Gasteiger partial charge in [0.25, 0.3) is 5.91 Å². The van der Waals surface area contributed by atoms with Crippen molar-refractivity contribution in [3.05, 3.63) is 60.7 Å². The zero-order valence-electron chi connectivity index (χ0n) is 18.4. The minimum atomic E-state index is -3.53. The van der Waals surface area contributed by atoms with Gasteiger partial charge in [0, 0.05) is 31.0 Å². The number of carbonyl (C=O) groups is 1. The molecule has 9 nitrogen and oxygen atoms in total. The highest BCUT2D eigenvalue weighted by atomic mass is 32.2. The maximum absolute atomic E-state index is 12.7. The van der Waals surface area contributed by atoms with Crippen molar-refractivity contribution in [1.82, 2.24) is 13.9 Å². The quantitative estimate of drug-likeness (QED) is 0.528. The van der Waals surface area contributed by atoms with E-state index in [0.717, 1.165) is 0 Å². The third kappa shape index (κ3) is 4.76. The van der Waals surface area contributed by atoms with E-state index in [1.165, 1.54) is 24.9 Å². The van der Waals surface area contributed by atoms with E-state index in [1.807, 2.05) is 0 Å². The van der Waals surface area contributed by atoms with Gasteiger partial charge in [-0.3, -0.25) is 4.79 Å². The van der Waals surface area contributed by atoms with E-state index in [4.69, 9.17) is 9.47 Å². The Kier molecular flexibility index (Phi) is 7.16. The van der Waals surface area contributed by atoms with Gasteiger partial charge in [0.1, 0.15) is 23.5 Å². The van der Waals surface area contributed by atoms with Crippen LogP contribution in [0.15, 0.2) is 59.9 Å². The third-order valence-electron chi connectivity index (χ3n) is 4.95. The third-order valence-corrected chi connectivity index (χ3v) is 7.01. The van der Waals surface area contributed by atoms with Crippen LogP contribution in [0.2, 0.25) is 0 Å². The Morgan fingerprint density at radius 1 is 1.06 bits per heavy atom. The van der Waals surface area contributed by atoms with Crippen molar-refractivity contribution in [1.29, 1.82) is 0 Å². The highest BCUT2D eigenvalue weighted by molar-refractivity contribution is 7.89. The van der Waals surface area contributed by atoms with E-state index in [-0.39, 0.29) is 10.6 Å². The predicted molar refractivity (Wildman–Crippen MR) is 121 cm³/mol. The largest absolute Gasteiger partial charge is 0.497 e. The summed E-state index contributed by atoms with van der Waals surface area (Å²) in [7, 11) is -0.488. The smallest absolute Gasteiger partial charge is 0.275 e. The molecular weight excluding hydrogens is 432 g/mol. The average molecular weight is 459 g/mol. The van der Waals surface area contributed by atoms with Crippen molar-refractivity contribution in [2.75, 3.05) is 32.6 Å². The monoisotopic (exact) mass is 458 g/mol. The molecule has 0 atom stereocenters. The lowest BCUT2D eigenvalue weighted by atomic mass is 10.2. The number of carbonyl (C=O) groups excluding carboxylic acids is 1. The molecule has 0 radical (unpaired) electrons. The number of nitrogens with one attached hydrogen (secondary N) is 1. The Labute approximate surface area is 187 Å². The van der Waals surface area contributed by atoms with E-state index >= 15 is 0 Å². The summed E-state index contributed by atoms with van der Waals surface area (Å²) < 4.78 is 38.8.